The third-order valence-electron chi connectivity index (χ3n) is 3.46. The van der Waals surface area contributed by atoms with E-state index in [1.54, 1.807) is 25.1 Å². The highest BCUT2D eigenvalue weighted by atomic mass is 79.9. The molecular weight excluding hydrogens is 330 g/mol. The molecule has 0 heterocycles. The molecule has 0 saturated carbocycles. The third kappa shape index (κ3) is 4.48. The van der Waals surface area contributed by atoms with Crippen LogP contribution in [-0.4, -0.2) is 23.2 Å². The summed E-state index contributed by atoms with van der Waals surface area (Å²) >= 11 is 9.30. The van der Waals surface area contributed by atoms with E-state index < -0.39 is 5.60 Å². The molecule has 0 spiro atoms. The molecule has 2 atom stereocenters. The molecule has 3 nitrogen and oxygen atoms in total. The molecule has 0 aliphatic carbocycles. The van der Waals surface area contributed by atoms with Gasteiger partial charge in [-0.25, -0.2) is 0 Å². The maximum absolute atomic E-state index is 12.0. The summed E-state index contributed by atoms with van der Waals surface area (Å²) in [5.74, 6) is -0.172. The van der Waals surface area contributed by atoms with Crippen molar-refractivity contribution < 1.29 is 9.90 Å². The molecule has 0 aromatic heterocycles. The lowest BCUT2D eigenvalue weighted by Gasteiger charge is -2.29. The summed E-state index contributed by atoms with van der Waals surface area (Å²) in [5.41, 5.74) is -0.517. The van der Waals surface area contributed by atoms with Crippen LogP contribution < -0.4 is 5.32 Å². The molecule has 1 amide bonds. The number of carbonyl (C=O) groups is 1. The second-order valence-electron chi connectivity index (χ2n) is 4.97. The van der Waals surface area contributed by atoms with Crippen molar-refractivity contribution >= 4 is 33.4 Å². The summed E-state index contributed by atoms with van der Waals surface area (Å²) in [6, 6.07) is 5.08. The van der Waals surface area contributed by atoms with Gasteiger partial charge in [0.25, 0.3) is 5.91 Å². The zero-order valence-corrected chi connectivity index (χ0v) is 13.7. The van der Waals surface area contributed by atoms with Crippen molar-refractivity contribution in [2.24, 2.45) is 5.92 Å². The number of amides is 1. The minimum Gasteiger partial charge on any atom is -0.388 e. The fraction of sp³-hybridized carbons (Fsp3) is 0.500. The summed E-state index contributed by atoms with van der Waals surface area (Å²) in [4.78, 5) is 12.0. The summed E-state index contributed by atoms with van der Waals surface area (Å²) in [6.45, 7) is 5.89. The average molecular weight is 349 g/mol. The Balaban J connectivity index is 2.70. The molecule has 1 aromatic carbocycles. The van der Waals surface area contributed by atoms with Crippen molar-refractivity contribution in [3.8, 4) is 0 Å². The predicted octanol–water partition coefficient (Wildman–Crippen LogP) is 3.63. The normalized spacial score (nSPS) is 15.7. The second-order valence-corrected chi connectivity index (χ2v) is 6.30. The van der Waals surface area contributed by atoms with Crippen LogP contribution in [0.2, 0.25) is 5.02 Å². The van der Waals surface area contributed by atoms with Gasteiger partial charge in [0.15, 0.2) is 0 Å². The van der Waals surface area contributed by atoms with E-state index in [9.17, 15) is 9.90 Å². The van der Waals surface area contributed by atoms with E-state index in [4.69, 9.17) is 11.6 Å². The standard InChI is InChI=1S/C14H19BrClNO2/c1-4-9(2)14(3,19)8-17-13(18)11-6-5-10(15)7-12(11)16/h5-7,9,19H,4,8H2,1-3H3,(H,17,18). The largest absolute Gasteiger partial charge is 0.388 e. The van der Waals surface area contributed by atoms with Crippen molar-refractivity contribution in [1.82, 2.24) is 5.32 Å². The Morgan fingerprint density at radius 2 is 2.21 bits per heavy atom. The van der Waals surface area contributed by atoms with Crippen LogP contribution in [-0.2, 0) is 0 Å². The molecule has 5 heteroatoms. The van der Waals surface area contributed by atoms with E-state index in [-0.39, 0.29) is 18.4 Å². The molecular formula is C14H19BrClNO2. The highest BCUT2D eigenvalue weighted by Crippen LogP contribution is 2.22. The lowest BCUT2D eigenvalue weighted by atomic mass is 9.88. The van der Waals surface area contributed by atoms with Gasteiger partial charge in [0.1, 0.15) is 0 Å². The molecule has 19 heavy (non-hydrogen) atoms. The smallest absolute Gasteiger partial charge is 0.252 e. The molecule has 0 bridgehead atoms. The summed E-state index contributed by atoms with van der Waals surface area (Å²) in [6.07, 6.45) is 0.849. The van der Waals surface area contributed by atoms with Gasteiger partial charge in [0.2, 0.25) is 0 Å². The minimum absolute atomic E-state index is 0.105. The maximum Gasteiger partial charge on any atom is 0.252 e. The van der Waals surface area contributed by atoms with Gasteiger partial charge in [0.05, 0.1) is 16.2 Å². The molecule has 1 rings (SSSR count). The fourth-order valence-electron chi connectivity index (χ4n) is 1.64. The lowest BCUT2D eigenvalue weighted by Crippen LogP contribution is -2.45. The second kappa shape index (κ2) is 6.73. The lowest BCUT2D eigenvalue weighted by molar-refractivity contribution is 0.00593. The highest BCUT2D eigenvalue weighted by Gasteiger charge is 2.27. The van der Waals surface area contributed by atoms with Gasteiger partial charge in [-0.05, 0) is 31.0 Å². The van der Waals surface area contributed by atoms with Crippen LogP contribution in [0.1, 0.15) is 37.6 Å². The van der Waals surface area contributed by atoms with Crippen LogP contribution in [0.15, 0.2) is 22.7 Å². The summed E-state index contributed by atoms with van der Waals surface area (Å²) in [7, 11) is 0. The van der Waals surface area contributed by atoms with E-state index in [2.05, 4.69) is 21.2 Å². The van der Waals surface area contributed by atoms with E-state index >= 15 is 0 Å². The van der Waals surface area contributed by atoms with Gasteiger partial charge in [0, 0.05) is 11.0 Å². The summed E-state index contributed by atoms with van der Waals surface area (Å²) < 4.78 is 0.820. The van der Waals surface area contributed by atoms with Crippen LogP contribution in [0.4, 0.5) is 0 Å². The van der Waals surface area contributed by atoms with Crippen molar-refractivity contribution in [1.29, 1.82) is 0 Å². The Labute approximate surface area is 127 Å². The van der Waals surface area contributed by atoms with Crippen molar-refractivity contribution in [3.05, 3.63) is 33.3 Å². The number of benzene rings is 1. The number of carbonyl (C=O) groups excluding carboxylic acids is 1. The van der Waals surface area contributed by atoms with Gasteiger partial charge in [-0.1, -0.05) is 47.8 Å². The first kappa shape index (κ1) is 16.5. The summed E-state index contributed by atoms with van der Waals surface area (Å²) in [5, 5.41) is 13.3. The van der Waals surface area contributed by atoms with Crippen LogP contribution in [0.3, 0.4) is 0 Å². The van der Waals surface area contributed by atoms with E-state index in [0.29, 0.717) is 10.6 Å². The molecule has 0 aliphatic heterocycles. The number of rotatable bonds is 5. The van der Waals surface area contributed by atoms with Crippen LogP contribution in [0.5, 0.6) is 0 Å². The number of halogens is 2. The molecule has 0 fully saturated rings. The average Bonchev–Trinajstić information content (AvgIpc) is 2.35. The van der Waals surface area contributed by atoms with E-state index in [1.165, 1.54) is 0 Å². The number of hydrogen-bond donors (Lipinski definition) is 2. The number of aliphatic hydroxyl groups is 1. The van der Waals surface area contributed by atoms with E-state index in [0.717, 1.165) is 10.9 Å². The molecule has 0 aliphatic rings. The molecule has 106 valence electrons. The van der Waals surface area contributed by atoms with Gasteiger partial charge >= 0.3 is 0 Å². The molecule has 2 unspecified atom stereocenters. The minimum atomic E-state index is -0.924. The SMILES string of the molecule is CCC(C)C(C)(O)CNC(=O)c1ccc(Br)cc1Cl. The van der Waals surface area contributed by atoms with Crippen molar-refractivity contribution in [2.45, 2.75) is 32.8 Å². The zero-order chi connectivity index (χ0) is 14.6. The molecule has 1 aromatic rings. The fourth-order valence-corrected chi connectivity index (χ4v) is 2.40. The van der Waals surface area contributed by atoms with Crippen LogP contribution in [0.25, 0.3) is 0 Å². The molecule has 0 radical (unpaired) electrons. The van der Waals surface area contributed by atoms with Gasteiger partial charge < -0.3 is 10.4 Å². The monoisotopic (exact) mass is 347 g/mol. The van der Waals surface area contributed by atoms with Crippen molar-refractivity contribution in [3.63, 3.8) is 0 Å². The van der Waals surface area contributed by atoms with Crippen LogP contribution >= 0.6 is 27.5 Å². The maximum atomic E-state index is 12.0. The highest BCUT2D eigenvalue weighted by molar-refractivity contribution is 9.10. The molecule has 2 N–H and O–H groups in total. The first-order chi connectivity index (χ1) is 8.77. The third-order valence-corrected chi connectivity index (χ3v) is 4.26. The Bertz CT molecular complexity index is 463. The Morgan fingerprint density at radius 1 is 1.58 bits per heavy atom. The van der Waals surface area contributed by atoms with Gasteiger partial charge in [-0.2, -0.15) is 0 Å². The Hall–Kier alpha value is -0.580. The first-order valence-corrected chi connectivity index (χ1v) is 7.40. The molecule has 0 saturated heterocycles. The van der Waals surface area contributed by atoms with Gasteiger partial charge in [-0.15, -0.1) is 0 Å². The first-order valence-electron chi connectivity index (χ1n) is 6.23. The Kier molecular flexibility index (Phi) is 5.83. The number of hydrogen-bond acceptors (Lipinski definition) is 2. The predicted molar refractivity (Wildman–Crippen MR) is 81.6 cm³/mol. The Morgan fingerprint density at radius 3 is 2.74 bits per heavy atom. The zero-order valence-electron chi connectivity index (χ0n) is 11.3. The number of nitrogens with one attached hydrogen (secondary N) is 1. The van der Waals surface area contributed by atoms with Gasteiger partial charge in [-0.3, -0.25) is 4.79 Å². The topological polar surface area (TPSA) is 49.3 Å². The quantitative estimate of drug-likeness (QED) is 0.853. The van der Waals surface area contributed by atoms with Crippen molar-refractivity contribution in [2.75, 3.05) is 6.54 Å². The van der Waals surface area contributed by atoms with Crippen LogP contribution in [0, 0.1) is 5.92 Å². The van der Waals surface area contributed by atoms with E-state index in [1.807, 2.05) is 13.8 Å².